The Kier molecular flexibility index (Phi) is 2.53. The van der Waals surface area contributed by atoms with E-state index in [1.54, 1.807) is 0 Å². The molecule has 1 heterocycles. The van der Waals surface area contributed by atoms with E-state index in [0.717, 1.165) is 29.8 Å². The van der Waals surface area contributed by atoms with Gasteiger partial charge in [0.05, 0.1) is 11.4 Å². The molecular weight excluding hydrogens is 210 g/mol. The minimum Gasteiger partial charge on any atom is -0.326 e. The first-order valence-corrected chi connectivity index (χ1v) is 5.90. The number of rotatable bonds is 2. The second-order valence-corrected chi connectivity index (χ2v) is 4.26. The van der Waals surface area contributed by atoms with Gasteiger partial charge in [-0.05, 0) is 36.6 Å². The second-order valence-electron chi connectivity index (χ2n) is 4.26. The van der Waals surface area contributed by atoms with Crippen molar-refractivity contribution in [2.24, 2.45) is 5.73 Å². The van der Waals surface area contributed by atoms with Crippen LogP contribution >= 0.6 is 0 Å². The van der Waals surface area contributed by atoms with Gasteiger partial charge in [0, 0.05) is 12.2 Å². The van der Waals surface area contributed by atoms with Crippen molar-refractivity contribution in [2.45, 2.75) is 19.4 Å². The van der Waals surface area contributed by atoms with Crippen LogP contribution in [0.15, 0.2) is 36.7 Å². The molecule has 1 aliphatic carbocycles. The SMILES string of the molecule is NCc1ccc(-n2cnc3c2CCC=C3)cc1. The Morgan fingerprint density at radius 1 is 1.24 bits per heavy atom. The summed E-state index contributed by atoms with van der Waals surface area (Å²) in [7, 11) is 0. The lowest BCUT2D eigenvalue weighted by Crippen LogP contribution is -2.03. The molecule has 2 aromatic rings. The molecule has 17 heavy (non-hydrogen) atoms. The van der Waals surface area contributed by atoms with E-state index in [4.69, 9.17) is 5.73 Å². The number of fused-ring (bicyclic) bond motifs is 1. The molecule has 0 aliphatic heterocycles. The summed E-state index contributed by atoms with van der Waals surface area (Å²) < 4.78 is 2.17. The van der Waals surface area contributed by atoms with Crippen LogP contribution in [0.3, 0.4) is 0 Å². The van der Waals surface area contributed by atoms with E-state index in [1.807, 2.05) is 6.33 Å². The molecule has 3 rings (SSSR count). The van der Waals surface area contributed by atoms with Crippen molar-refractivity contribution in [3.05, 3.63) is 53.6 Å². The summed E-state index contributed by atoms with van der Waals surface area (Å²) in [5, 5.41) is 0. The fourth-order valence-electron chi connectivity index (χ4n) is 2.21. The van der Waals surface area contributed by atoms with E-state index in [1.165, 1.54) is 5.69 Å². The first-order chi connectivity index (χ1) is 8.38. The second kappa shape index (κ2) is 4.18. The van der Waals surface area contributed by atoms with E-state index in [0.29, 0.717) is 6.54 Å². The van der Waals surface area contributed by atoms with Gasteiger partial charge in [-0.2, -0.15) is 0 Å². The van der Waals surface area contributed by atoms with Gasteiger partial charge in [0.15, 0.2) is 0 Å². The topological polar surface area (TPSA) is 43.8 Å². The third-order valence-corrected chi connectivity index (χ3v) is 3.17. The summed E-state index contributed by atoms with van der Waals surface area (Å²) in [6, 6.07) is 8.34. The molecule has 0 spiro atoms. The van der Waals surface area contributed by atoms with E-state index in [9.17, 15) is 0 Å². The van der Waals surface area contributed by atoms with E-state index in [2.05, 4.69) is 46.0 Å². The maximum absolute atomic E-state index is 5.60. The van der Waals surface area contributed by atoms with Crippen molar-refractivity contribution in [3.63, 3.8) is 0 Å². The third kappa shape index (κ3) is 1.78. The van der Waals surface area contributed by atoms with Gasteiger partial charge < -0.3 is 10.3 Å². The van der Waals surface area contributed by atoms with Gasteiger partial charge in [-0.3, -0.25) is 0 Å². The van der Waals surface area contributed by atoms with Crippen LogP contribution in [-0.4, -0.2) is 9.55 Å². The van der Waals surface area contributed by atoms with Gasteiger partial charge in [0.25, 0.3) is 0 Å². The van der Waals surface area contributed by atoms with E-state index >= 15 is 0 Å². The average Bonchev–Trinajstić information content (AvgIpc) is 2.83. The van der Waals surface area contributed by atoms with Gasteiger partial charge >= 0.3 is 0 Å². The largest absolute Gasteiger partial charge is 0.326 e. The molecule has 2 N–H and O–H groups in total. The number of nitrogens with two attached hydrogens (primary N) is 1. The Bertz CT molecular complexity index is 549. The number of allylic oxidation sites excluding steroid dienone is 1. The van der Waals surface area contributed by atoms with Gasteiger partial charge in [0.1, 0.15) is 6.33 Å². The summed E-state index contributed by atoms with van der Waals surface area (Å²) in [5.41, 5.74) is 10.3. The zero-order valence-electron chi connectivity index (χ0n) is 9.63. The molecule has 0 atom stereocenters. The van der Waals surface area contributed by atoms with Gasteiger partial charge in [-0.1, -0.05) is 18.2 Å². The monoisotopic (exact) mass is 225 g/mol. The maximum Gasteiger partial charge on any atom is 0.100 e. The molecule has 0 radical (unpaired) electrons. The van der Waals surface area contributed by atoms with Crippen LogP contribution < -0.4 is 5.73 Å². The summed E-state index contributed by atoms with van der Waals surface area (Å²) in [6.07, 6.45) is 8.34. The first-order valence-electron chi connectivity index (χ1n) is 5.90. The number of imidazole rings is 1. The van der Waals surface area contributed by atoms with E-state index < -0.39 is 0 Å². The lowest BCUT2D eigenvalue weighted by Gasteiger charge is -2.11. The summed E-state index contributed by atoms with van der Waals surface area (Å²) in [6.45, 7) is 0.588. The van der Waals surface area contributed by atoms with Crippen molar-refractivity contribution in [1.82, 2.24) is 9.55 Å². The number of nitrogens with zero attached hydrogens (tertiary/aromatic N) is 2. The lowest BCUT2D eigenvalue weighted by atomic mass is 10.1. The number of aromatic nitrogens is 2. The first kappa shape index (κ1) is 10.3. The quantitative estimate of drug-likeness (QED) is 0.852. The molecule has 1 aliphatic rings. The predicted octanol–water partition coefficient (Wildman–Crippen LogP) is 2.29. The molecule has 1 aromatic heterocycles. The average molecular weight is 225 g/mol. The Morgan fingerprint density at radius 2 is 2.06 bits per heavy atom. The molecule has 0 bridgehead atoms. The summed E-state index contributed by atoms with van der Waals surface area (Å²) in [4.78, 5) is 4.43. The highest BCUT2D eigenvalue weighted by Crippen LogP contribution is 2.21. The Morgan fingerprint density at radius 3 is 2.82 bits per heavy atom. The Labute approximate surface area is 101 Å². The minimum absolute atomic E-state index is 0.588. The molecule has 0 amide bonds. The van der Waals surface area contributed by atoms with E-state index in [-0.39, 0.29) is 0 Å². The van der Waals surface area contributed by atoms with Crippen molar-refractivity contribution < 1.29 is 0 Å². The Hall–Kier alpha value is -1.87. The molecule has 1 aromatic carbocycles. The fourth-order valence-corrected chi connectivity index (χ4v) is 2.21. The normalized spacial score (nSPS) is 13.7. The highest BCUT2D eigenvalue weighted by Gasteiger charge is 2.12. The molecule has 3 nitrogen and oxygen atoms in total. The smallest absolute Gasteiger partial charge is 0.100 e. The van der Waals surface area contributed by atoms with Gasteiger partial charge in [0.2, 0.25) is 0 Å². The molecule has 86 valence electrons. The van der Waals surface area contributed by atoms with Crippen LogP contribution in [0.4, 0.5) is 0 Å². The Balaban J connectivity index is 2.03. The molecule has 0 fully saturated rings. The molecular formula is C14H15N3. The van der Waals surface area contributed by atoms with Crippen molar-refractivity contribution in [2.75, 3.05) is 0 Å². The number of hydrogen-bond donors (Lipinski definition) is 1. The summed E-state index contributed by atoms with van der Waals surface area (Å²) >= 11 is 0. The third-order valence-electron chi connectivity index (χ3n) is 3.17. The fraction of sp³-hybridized carbons (Fsp3) is 0.214. The van der Waals surface area contributed by atoms with Crippen LogP contribution in [-0.2, 0) is 13.0 Å². The zero-order chi connectivity index (χ0) is 11.7. The van der Waals surface area contributed by atoms with Crippen molar-refractivity contribution in [3.8, 4) is 5.69 Å². The number of hydrogen-bond acceptors (Lipinski definition) is 2. The highest BCUT2D eigenvalue weighted by molar-refractivity contribution is 5.52. The molecule has 3 heteroatoms. The molecule has 0 unspecified atom stereocenters. The number of benzene rings is 1. The van der Waals surface area contributed by atoms with Crippen LogP contribution in [0, 0.1) is 0 Å². The lowest BCUT2D eigenvalue weighted by molar-refractivity contribution is 0.873. The minimum atomic E-state index is 0.588. The maximum atomic E-state index is 5.60. The highest BCUT2D eigenvalue weighted by atomic mass is 15.1. The van der Waals surface area contributed by atoms with Crippen LogP contribution in [0.5, 0.6) is 0 Å². The van der Waals surface area contributed by atoms with Crippen LogP contribution in [0.2, 0.25) is 0 Å². The standard InChI is InChI=1S/C14H15N3/c15-9-11-5-7-12(8-6-11)17-10-16-13-3-1-2-4-14(13)17/h1,3,5-8,10H,2,4,9,15H2. The van der Waals surface area contributed by atoms with Crippen LogP contribution in [0.25, 0.3) is 11.8 Å². The zero-order valence-corrected chi connectivity index (χ0v) is 9.63. The summed E-state index contributed by atoms with van der Waals surface area (Å²) in [5.74, 6) is 0. The van der Waals surface area contributed by atoms with Crippen LogP contribution in [0.1, 0.15) is 23.4 Å². The van der Waals surface area contributed by atoms with Crippen molar-refractivity contribution >= 4 is 6.08 Å². The predicted molar refractivity (Wildman–Crippen MR) is 68.8 cm³/mol. The molecule has 0 saturated heterocycles. The van der Waals surface area contributed by atoms with Gasteiger partial charge in [-0.25, -0.2) is 4.98 Å². The van der Waals surface area contributed by atoms with Crippen molar-refractivity contribution in [1.29, 1.82) is 0 Å². The van der Waals surface area contributed by atoms with Gasteiger partial charge in [-0.15, -0.1) is 0 Å². The molecule has 0 saturated carbocycles.